The van der Waals surface area contributed by atoms with Gasteiger partial charge in [0.25, 0.3) is 5.69 Å². The zero-order valence-electron chi connectivity index (χ0n) is 20.8. The lowest BCUT2D eigenvalue weighted by Crippen LogP contribution is -2.53. The minimum absolute atomic E-state index is 0.106. The first-order valence-electron chi connectivity index (χ1n) is 11.9. The lowest BCUT2D eigenvalue weighted by atomic mass is 10.0. The number of non-ortho nitro benzene ring substituents is 1. The van der Waals surface area contributed by atoms with Gasteiger partial charge >= 0.3 is 23.9 Å². The van der Waals surface area contributed by atoms with Crippen LogP contribution in [0.25, 0.3) is 0 Å². The van der Waals surface area contributed by atoms with E-state index in [0.29, 0.717) is 5.56 Å². The molecule has 15 heteroatoms. The van der Waals surface area contributed by atoms with Gasteiger partial charge in [0, 0.05) is 64.0 Å². The normalized spacial score (nSPS) is 19.2. The number of carboxylic acids is 4. The van der Waals surface area contributed by atoms with Gasteiger partial charge in [0.2, 0.25) is 0 Å². The van der Waals surface area contributed by atoms with Crippen LogP contribution in [0.3, 0.4) is 0 Å². The SMILES string of the molecule is O=C(O)CN1CCN(CC(=O)O)CCN(CC(=O)O)C(Cc2ccc([N+](=O)[O-])cc2)CN(CC(=O)O)CC1. The van der Waals surface area contributed by atoms with Gasteiger partial charge in [-0.3, -0.25) is 48.9 Å². The number of hydrogen-bond donors (Lipinski definition) is 4. The molecule has 4 N–H and O–H groups in total. The van der Waals surface area contributed by atoms with Crippen LogP contribution in [0.15, 0.2) is 24.3 Å². The van der Waals surface area contributed by atoms with Crippen LogP contribution >= 0.6 is 0 Å². The Kier molecular flexibility index (Phi) is 12.0. The summed E-state index contributed by atoms with van der Waals surface area (Å²) < 4.78 is 0. The van der Waals surface area contributed by atoms with Gasteiger partial charge in [-0.25, -0.2) is 0 Å². The van der Waals surface area contributed by atoms with Crippen LogP contribution in [0.4, 0.5) is 5.69 Å². The Morgan fingerprint density at radius 1 is 0.711 bits per heavy atom. The van der Waals surface area contributed by atoms with E-state index in [-0.39, 0.29) is 84.1 Å². The average molecular weight is 540 g/mol. The molecule has 1 aliphatic rings. The molecule has 0 bridgehead atoms. The van der Waals surface area contributed by atoms with Crippen LogP contribution < -0.4 is 0 Å². The van der Waals surface area contributed by atoms with E-state index in [0.717, 1.165) is 0 Å². The van der Waals surface area contributed by atoms with Crippen LogP contribution in [0, 0.1) is 10.1 Å². The van der Waals surface area contributed by atoms with Crippen molar-refractivity contribution in [2.45, 2.75) is 12.5 Å². The van der Waals surface area contributed by atoms with Crippen LogP contribution in [0.1, 0.15) is 5.56 Å². The Labute approximate surface area is 218 Å². The maximum absolute atomic E-state index is 11.7. The molecule has 0 amide bonds. The lowest BCUT2D eigenvalue weighted by Gasteiger charge is -2.37. The third-order valence-electron chi connectivity index (χ3n) is 6.19. The fraction of sp³-hybridized carbons (Fsp3) is 0.565. The third kappa shape index (κ3) is 11.2. The highest BCUT2D eigenvalue weighted by molar-refractivity contribution is 5.70. The number of hydrogen-bond acceptors (Lipinski definition) is 10. The van der Waals surface area contributed by atoms with Crippen LogP contribution in [-0.2, 0) is 25.6 Å². The number of nitrogens with zero attached hydrogens (tertiary/aromatic N) is 5. The Balaban J connectivity index is 2.41. The summed E-state index contributed by atoms with van der Waals surface area (Å²) in [5.74, 6) is -4.38. The predicted octanol–water partition coefficient (Wildman–Crippen LogP) is -0.934. The van der Waals surface area contributed by atoms with Gasteiger partial charge in [-0.1, -0.05) is 12.1 Å². The number of nitro benzene ring substituents is 1. The zero-order chi connectivity index (χ0) is 28.2. The van der Waals surface area contributed by atoms with E-state index in [1.54, 1.807) is 31.7 Å². The number of rotatable bonds is 11. The summed E-state index contributed by atoms with van der Waals surface area (Å²) in [4.78, 5) is 63.1. The molecule has 1 aliphatic heterocycles. The van der Waals surface area contributed by atoms with Gasteiger partial charge in [0.1, 0.15) is 0 Å². The monoisotopic (exact) mass is 539 g/mol. The minimum atomic E-state index is -1.12. The highest BCUT2D eigenvalue weighted by Gasteiger charge is 2.27. The molecular weight excluding hydrogens is 506 g/mol. The second kappa shape index (κ2) is 14.9. The van der Waals surface area contributed by atoms with E-state index in [4.69, 9.17) is 0 Å². The molecule has 1 aromatic carbocycles. The highest BCUT2D eigenvalue weighted by atomic mass is 16.6. The van der Waals surface area contributed by atoms with E-state index in [2.05, 4.69) is 0 Å². The van der Waals surface area contributed by atoms with Crippen molar-refractivity contribution in [3.63, 3.8) is 0 Å². The van der Waals surface area contributed by atoms with Crippen molar-refractivity contribution >= 4 is 29.6 Å². The van der Waals surface area contributed by atoms with Crippen molar-refractivity contribution in [2.75, 3.05) is 72.0 Å². The molecule has 0 spiro atoms. The van der Waals surface area contributed by atoms with Gasteiger partial charge in [0.05, 0.1) is 31.1 Å². The van der Waals surface area contributed by atoms with Crippen molar-refractivity contribution in [2.24, 2.45) is 0 Å². The number of carboxylic acid groups (broad SMARTS) is 4. The van der Waals surface area contributed by atoms with Crippen molar-refractivity contribution in [3.8, 4) is 0 Å². The second-order valence-corrected chi connectivity index (χ2v) is 9.11. The fourth-order valence-corrected chi connectivity index (χ4v) is 4.38. The van der Waals surface area contributed by atoms with E-state index in [1.807, 2.05) is 0 Å². The van der Waals surface area contributed by atoms with Gasteiger partial charge in [-0.05, 0) is 12.0 Å². The molecule has 1 saturated heterocycles. The first-order chi connectivity index (χ1) is 17.9. The number of benzene rings is 1. The number of carbonyl (C=O) groups is 4. The smallest absolute Gasteiger partial charge is 0.317 e. The topological polar surface area (TPSA) is 205 Å². The summed E-state index contributed by atoms with van der Waals surface area (Å²) >= 11 is 0. The van der Waals surface area contributed by atoms with Crippen LogP contribution in [-0.4, -0.2) is 147 Å². The summed E-state index contributed by atoms with van der Waals surface area (Å²) in [5.41, 5.74) is 0.568. The molecule has 1 fully saturated rings. The molecule has 1 heterocycles. The summed E-state index contributed by atoms with van der Waals surface area (Å²) in [5, 5.41) is 48.7. The molecule has 0 aliphatic carbocycles. The molecule has 0 aromatic heterocycles. The largest absolute Gasteiger partial charge is 0.480 e. The third-order valence-corrected chi connectivity index (χ3v) is 6.19. The molecule has 1 aromatic rings. The van der Waals surface area contributed by atoms with E-state index < -0.39 is 34.8 Å². The molecule has 38 heavy (non-hydrogen) atoms. The maximum atomic E-state index is 11.7. The molecule has 0 radical (unpaired) electrons. The molecule has 210 valence electrons. The molecular formula is C23H33N5O10. The second-order valence-electron chi connectivity index (χ2n) is 9.11. The van der Waals surface area contributed by atoms with Crippen molar-refractivity contribution < 1.29 is 44.5 Å². The first-order valence-corrected chi connectivity index (χ1v) is 11.9. The van der Waals surface area contributed by atoms with Gasteiger partial charge < -0.3 is 20.4 Å². The van der Waals surface area contributed by atoms with Gasteiger partial charge in [0.15, 0.2) is 0 Å². The molecule has 1 atom stereocenters. The average Bonchev–Trinajstić information content (AvgIpc) is 2.80. The predicted molar refractivity (Wildman–Crippen MR) is 132 cm³/mol. The molecule has 2 rings (SSSR count). The van der Waals surface area contributed by atoms with Crippen molar-refractivity contribution in [3.05, 3.63) is 39.9 Å². The zero-order valence-corrected chi connectivity index (χ0v) is 20.8. The summed E-state index contributed by atoms with van der Waals surface area (Å²) in [6.07, 6.45) is 0.249. The molecule has 15 nitrogen and oxygen atoms in total. The number of aliphatic carboxylic acids is 4. The summed E-state index contributed by atoms with van der Waals surface area (Å²) in [6.45, 7) is -0.102. The Morgan fingerprint density at radius 2 is 1.13 bits per heavy atom. The molecule has 1 unspecified atom stereocenters. The van der Waals surface area contributed by atoms with Gasteiger partial charge in [-0.2, -0.15) is 0 Å². The Hall–Kier alpha value is -3.66. The fourth-order valence-electron chi connectivity index (χ4n) is 4.38. The summed E-state index contributed by atoms with van der Waals surface area (Å²) in [7, 11) is 0. The Bertz CT molecular complexity index is 989. The van der Waals surface area contributed by atoms with Gasteiger partial charge in [-0.15, -0.1) is 0 Å². The van der Waals surface area contributed by atoms with Crippen molar-refractivity contribution in [1.82, 2.24) is 19.6 Å². The van der Waals surface area contributed by atoms with E-state index in [1.165, 1.54) is 12.1 Å². The van der Waals surface area contributed by atoms with E-state index >= 15 is 0 Å². The standard InChI is InChI=1S/C23H33N5O10/c29-20(30)13-24-5-6-25(14-21(31)32)9-10-27(16-23(35)36)19(12-26(8-7-24)15-22(33)34)11-17-1-3-18(4-2-17)28(37)38/h1-4,19H,5-16H2,(H,29,30)(H,31,32)(H,33,34)(H,35,36). The highest BCUT2D eigenvalue weighted by Crippen LogP contribution is 2.17. The van der Waals surface area contributed by atoms with E-state index in [9.17, 15) is 49.7 Å². The van der Waals surface area contributed by atoms with Crippen molar-refractivity contribution in [1.29, 1.82) is 0 Å². The maximum Gasteiger partial charge on any atom is 0.317 e. The molecule has 0 saturated carbocycles. The minimum Gasteiger partial charge on any atom is -0.480 e. The lowest BCUT2D eigenvalue weighted by molar-refractivity contribution is -0.384. The first kappa shape index (κ1) is 30.6. The summed E-state index contributed by atoms with van der Waals surface area (Å²) in [6, 6.07) is 5.24. The quantitative estimate of drug-likeness (QED) is 0.198. The Morgan fingerprint density at radius 3 is 1.58 bits per heavy atom. The number of nitro groups is 1. The van der Waals surface area contributed by atoms with Crippen LogP contribution in [0.2, 0.25) is 0 Å². The van der Waals surface area contributed by atoms with Crippen LogP contribution in [0.5, 0.6) is 0 Å².